The van der Waals surface area contributed by atoms with Crippen LogP contribution in [0.4, 0.5) is 0 Å². The van der Waals surface area contributed by atoms with Crippen LogP contribution in [-0.4, -0.2) is 11.4 Å². The highest BCUT2D eigenvalue weighted by Gasteiger charge is 2.03. The molecule has 2 aromatic rings. The van der Waals surface area contributed by atoms with Crippen molar-refractivity contribution in [1.82, 2.24) is 0 Å². The van der Waals surface area contributed by atoms with Gasteiger partial charge in [0.15, 0.2) is 0 Å². The topological polar surface area (TPSA) is 41.8 Å². The Labute approximate surface area is 121 Å². The highest BCUT2D eigenvalue weighted by atomic mass is 35.5. The maximum atomic E-state index is 8.48. The molecule has 0 atom stereocenters. The van der Waals surface area contributed by atoms with Gasteiger partial charge in [-0.3, -0.25) is 0 Å². The Bertz CT molecular complexity index is 600. The summed E-state index contributed by atoms with van der Waals surface area (Å²) in [5.74, 6) is 0.670. The molecule has 98 valence electrons. The summed E-state index contributed by atoms with van der Waals surface area (Å²) >= 11 is 11.9. The van der Waals surface area contributed by atoms with Gasteiger partial charge in [0.25, 0.3) is 0 Å². The summed E-state index contributed by atoms with van der Waals surface area (Å²) in [4.78, 5) is 0. The molecule has 0 aliphatic carbocycles. The Kier molecular flexibility index (Phi) is 4.66. The molecule has 0 fully saturated rings. The maximum Gasteiger partial charge on any atom is 0.120 e. The Morgan fingerprint density at radius 3 is 2.74 bits per heavy atom. The highest BCUT2D eigenvalue weighted by molar-refractivity contribution is 6.35. The van der Waals surface area contributed by atoms with E-state index in [1.807, 2.05) is 24.3 Å². The third-order valence-electron chi connectivity index (χ3n) is 2.47. The number of hydrogen-bond donors (Lipinski definition) is 1. The minimum Gasteiger partial charge on any atom is -0.489 e. The molecule has 0 aliphatic heterocycles. The van der Waals surface area contributed by atoms with E-state index in [0.29, 0.717) is 22.4 Å². The second kappa shape index (κ2) is 6.45. The van der Waals surface area contributed by atoms with Crippen LogP contribution < -0.4 is 4.74 Å². The SMILES string of the molecule is ON=Cc1cccc(OCc2ccc(Cl)cc2Cl)c1. The van der Waals surface area contributed by atoms with Gasteiger partial charge in [-0.25, -0.2) is 0 Å². The average molecular weight is 296 g/mol. The zero-order valence-electron chi connectivity index (χ0n) is 9.88. The monoisotopic (exact) mass is 295 g/mol. The summed E-state index contributed by atoms with van der Waals surface area (Å²) in [7, 11) is 0. The molecular weight excluding hydrogens is 285 g/mol. The molecule has 19 heavy (non-hydrogen) atoms. The molecule has 0 amide bonds. The largest absolute Gasteiger partial charge is 0.489 e. The van der Waals surface area contributed by atoms with Crippen LogP contribution in [0.15, 0.2) is 47.6 Å². The van der Waals surface area contributed by atoms with Crippen LogP contribution in [0.2, 0.25) is 10.0 Å². The Morgan fingerprint density at radius 2 is 2.00 bits per heavy atom. The molecular formula is C14H11Cl2NO2. The molecule has 2 aromatic carbocycles. The second-order valence-corrected chi connectivity index (χ2v) is 4.69. The van der Waals surface area contributed by atoms with Gasteiger partial charge in [0.05, 0.1) is 6.21 Å². The van der Waals surface area contributed by atoms with E-state index in [-0.39, 0.29) is 0 Å². The minimum absolute atomic E-state index is 0.343. The van der Waals surface area contributed by atoms with Gasteiger partial charge in [0, 0.05) is 15.6 Å². The quantitative estimate of drug-likeness (QED) is 0.517. The number of benzene rings is 2. The lowest BCUT2D eigenvalue weighted by atomic mass is 10.2. The molecule has 3 nitrogen and oxygen atoms in total. The average Bonchev–Trinajstić information content (AvgIpc) is 2.38. The fraction of sp³-hybridized carbons (Fsp3) is 0.0714. The van der Waals surface area contributed by atoms with E-state index in [1.165, 1.54) is 6.21 Å². The van der Waals surface area contributed by atoms with E-state index in [9.17, 15) is 0 Å². The lowest BCUT2D eigenvalue weighted by Gasteiger charge is -2.08. The molecule has 2 rings (SSSR count). The number of oxime groups is 1. The van der Waals surface area contributed by atoms with Crippen LogP contribution in [0.1, 0.15) is 11.1 Å². The van der Waals surface area contributed by atoms with Crippen molar-refractivity contribution in [1.29, 1.82) is 0 Å². The van der Waals surface area contributed by atoms with E-state index in [2.05, 4.69) is 5.16 Å². The molecule has 0 spiro atoms. The Hall–Kier alpha value is -1.71. The summed E-state index contributed by atoms with van der Waals surface area (Å²) in [5.41, 5.74) is 1.61. The molecule has 0 radical (unpaired) electrons. The number of hydrogen-bond acceptors (Lipinski definition) is 3. The smallest absolute Gasteiger partial charge is 0.120 e. The lowest BCUT2D eigenvalue weighted by molar-refractivity contribution is 0.306. The Balaban J connectivity index is 2.07. The Morgan fingerprint density at radius 1 is 1.16 bits per heavy atom. The van der Waals surface area contributed by atoms with E-state index in [4.69, 9.17) is 33.1 Å². The first-order valence-corrected chi connectivity index (χ1v) is 6.29. The summed E-state index contributed by atoms with van der Waals surface area (Å²) in [6, 6.07) is 12.5. The predicted octanol–water partition coefficient (Wildman–Crippen LogP) is 4.38. The van der Waals surface area contributed by atoms with Crippen LogP contribution >= 0.6 is 23.2 Å². The summed E-state index contributed by atoms with van der Waals surface area (Å²) in [6.45, 7) is 0.343. The molecule has 0 saturated carbocycles. The molecule has 5 heteroatoms. The van der Waals surface area contributed by atoms with Gasteiger partial charge in [-0.15, -0.1) is 0 Å². The van der Waals surface area contributed by atoms with Crippen molar-refractivity contribution in [2.24, 2.45) is 5.16 Å². The summed E-state index contributed by atoms with van der Waals surface area (Å²) < 4.78 is 5.63. The molecule has 1 N–H and O–H groups in total. The first-order valence-electron chi connectivity index (χ1n) is 5.53. The van der Waals surface area contributed by atoms with Crippen LogP contribution in [0.3, 0.4) is 0 Å². The van der Waals surface area contributed by atoms with E-state index in [1.54, 1.807) is 18.2 Å². The van der Waals surface area contributed by atoms with Crippen molar-refractivity contribution in [3.63, 3.8) is 0 Å². The number of halogens is 2. The summed E-state index contributed by atoms with van der Waals surface area (Å²) in [5, 5.41) is 12.6. The molecule has 0 aromatic heterocycles. The molecule has 0 saturated heterocycles. The van der Waals surface area contributed by atoms with Crippen molar-refractivity contribution in [2.75, 3.05) is 0 Å². The first-order chi connectivity index (χ1) is 9.19. The first kappa shape index (κ1) is 13.7. The van der Waals surface area contributed by atoms with Gasteiger partial charge in [-0.2, -0.15) is 0 Å². The van der Waals surface area contributed by atoms with E-state index < -0.39 is 0 Å². The van der Waals surface area contributed by atoms with Crippen LogP contribution in [0, 0.1) is 0 Å². The van der Waals surface area contributed by atoms with Gasteiger partial charge in [-0.1, -0.05) is 46.6 Å². The van der Waals surface area contributed by atoms with Gasteiger partial charge < -0.3 is 9.94 Å². The fourth-order valence-corrected chi connectivity index (χ4v) is 2.01. The van der Waals surface area contributed by atoms with Crippen molar-refractivity contribution in [3.8, 4) is 5.75 Å². The third kappa shape index (κ3) is 3.88. The number of rotatable bonds is 4. The predicted molar refractivity (Wildman–Crippen MR) is 76.6 cm³/mol. The molecule has 0 unspecified atom stereocenters. The van der Waals surface area contributed by atoms with Crippen LogP contribution in [-0.2, 0) is 6.61 Å². The fourth-order valence-electron chi connectivity index (χ4n) is 1.55. The van der Waals surface area contributed by atoms with Gasteiger partial charge in [0.1, 0.15) is 12.4 Å². The number of nitrogens with zero attached hydrogens (tertiary/aromatic N) is 1. The van der Waals surface area contributed by atoms with Crippen molar-refractivity contribution in [2.45, 2.75) is 6.61 Å². The zero-order valence-corrected chi connectivity index (χ0v) is 11.4. The molecule has 0 aliphatic rings. The van der Waals surface area contributed by atoms with Crippen molar-refractivity contribution >= 4 is 29.4 Å². The lowest BCUT2D eigenvalue weighted by Crippen LogP contribution is -1.96. The summed E-state index contributed by atoms with van der Waals surface area (Å²) in [6.07, 6.45) is 1.34. The van der Waals surface area contributed by atoms with E-state index in [0.717, 1.165) is 11.1 Å². The third-order valence-corrected chi connectivity index (χ3v) is 3.06. The van der Waals surface area contributed by atoms with Crippen LogP contribution in [0.25, 0.3) is 0 Å². The standard InChI is InChI=1S/C14H11Cl2NO2/c15-12-5-4-11(14(16)7-12)9-19-13-3-1-2-10(6-13)8-17-18/h1-8,18H,9H2. The van der Waals surface area contributed by atoms with E-state index >= 15 is 0 Å². The number of ether oxygens (including phenoxy) is 1. The van der Waals surface area contributed by atoms with Crippen molar-refractivity contribution in [3.05, 3.63) is 63.6 Å². The minimum atomic E-state index is 0.343. The molecule has 0 heterocycles. The van der Waals surface area contributed by atoms with Gasteiger partial charge >= 0.3 is 0 Å². The van der Waals surface area contributed by atoms with Gasteiger partial charge in [-0.05, 0) is 29.8 Å². The van der Waals surface area contributed by atoms with Crippen molar-refractivity contribution < 1.29 is 9.94 Å². The second-order valence-electron chi connectivity index (χ2n) is 3.84. The zero-order chi connectivity index (χ0) is 13.7. The maximum absolute atomic E-state index is 8.48. The normalized spacial score (nSPS) is 10.8. The highest BCUT2D eigenvalue weighted by Crippen LogP contribution is 2.22. The van der Waals surface area contributed by atoms with Gasteiger partial charge in [0.2, 0.25) is 0 Å². The van der Waals surface area contributed by atoms with Crippen LogP contribution in [0.5, 0.6) is 5.75 Å². The molecule has 0 bridgehead atoms.